The van der Waals surface area contributed by atoms with Gasteiger partial charge in [-0.05, 0) is 72.9 Å². The van der Waals surface area contributed by atoms with E-state index in [0.717, 1.165) is 65.7 Å². The number of nitrogens with one attached hydrogen (secondary N) is 3. The molecule has 0 bridgehead atoms. The first-order valence-electron chi connectivity index (χ1n) is 20.2. The number of alkyl carbamates (subject to hydrolysis) is 2. The molecule has 0 spiro atoms. The van der Waals surface area contributed by atoms with E-state index in [-0.39, 0.29) is 23.9 Å². The molecule has 6 aromatic rings. The van der Waals surface area contributed by atoms with Crippen LogP contribution in [0.2, 0.25) is 0 Å². The third kappa shape index (κ3) is 8.58. The summed E-state index contributed by atoms with van der Waals surface area (Å²) in [5.74, 6) is 1.34. The van der Waals surface area contributed by atoms with Crippen LogP contribution < -0.4 is 10.6 Å². The van der Waals surface area contributed by atoms with E-state index in [0.29, 0.717) is 42.3 Å². The Labute approximate surface area is 347 Å². The molecule has 4 aromatic carbocycles. The molecule has 14 heteroatoms. The zero-order valence-corrected chi connectivity index (χ0v) is 33.5. The second-order valence-electron chi connectivity index (χ2n) is 15.1. The molecular weight excluding hydrogens is 763 g/mol. The van der Waals surface area contributed by atoms with Crippen LogP contribution in [0.4, 0.5) is 9.59 Å². The molecule has 2 saturated heterocycles. The van der Waals surface area contributed by atoms with Crippen molar-refractivity contribution in [2.24, 2.45) is 0 Å². The number of methoxy groups -OCH3 is 2. The number of imidazole rings is 1. The molecule has 60 heavy (non-hydrogen) atoms. The van der Waals surface area contributed by atoms with Crippen LogP contribution >= 0.6 is 0 Å². The molecule has 4 heterocycles. The smallest absolute Gasteiger partial charge is 0.407 e. The fraction of sp³-hybridized carbons (Fsp3) is 0.304. The molecule has 0 unspecified atom stereocenters. The Balaban J connectivity index is 0.905. The lowest BCUT2D eigenvalue weighted by molar-refractivity contribution is -0.135. The summed E-state index contributed by atoms with van der Waals surface area (Å²) >= 11 is 0. The molecule has 308 valence electrons. The van der Waals surface area contributed by atoms with Crippen molar-refractivity contribution in [2.45, 2.75) is 62.7 Å². The maximum atomic E-state index is 13.9. The first-order chi connectivity index (χ1) is 29.3. The average molecular weight is 810 g/mol. The minimum absolute atomic E-state index is 0.207. The molecule has 0 aliphatic carbocycles. The molecule has 4 amide bonds. The summed E-state index contributed by atoms with van der Waals surface area (Å²) in [6.45, 7) is 1.08. The lowest BCUT2D eigenvalue weighted by atomic mass is 10.0. The average Bonchev–Trinajstić information content (AvgIpc) is 4.13. The van der Waals surface area contributed by atoms with Gasteiger partial charge in [-0.1, -0.05) is 91.0 Å². The van der Waals surface area contributed by atoms with Gasteiger partial charge in [0.2, 0.25) is 5.89 Å². The number of aryl methyl sites for hydroxylation is 2. The zero-order chi connectivity index (χ0) is 41.6. The zero-order valence-electron chi connectivity index (χ0n) is 33.5. The molecule has 3 N–H and O–H groups in total. The van der Waals surface area contributed by atoms with Gasteiger partial charge in [0, 0.05) is 18.7 Å². The van der Waals surface area contributed by atoms with Crippen LogP contribution in [-0.4, -0.2) is 76.1 Å². The predicted molar refractivity (Wildman–Crippen MR) is 222 cm³/mol. The molecule has 4 atom stereocenters. The number of aromatic amines is 1. The van der Waals surface area contributed by atoms with Crippen LogP contribution in [0.15, 0.2) is 114 Å². The fourth-order valence-electron chi connectivity index (χ4n) is 8.24. The summed E-state index contributed by atoms with van der Waals surface area (Å²) in [5.41, 5.74) is 6.27. The highest BCUT2D eigenvalue weighted by molar-refractivity contribution is 5.88. The van der Waals surface area contributed by atoms with Gasteiger partial charge in [0.05, 0.1) is 37.5 Å². The predicted octanol–water partition coefficient (Wildman–Crippen LogP) is 7.52. The molecule has 14 nitrogen and oxygen atoms in total. The largest absolute Gasteiger partial charge is 0.453 e. The van der Waals surface area contributed by atoms with Crippen molar-refractivity contribution < 1.29 is 33.1 Å². The van der Waals surface area contributed by atoms with E-state index in [1.807, 2.05) is 66.7 Å². The fourth-order valence-corrected chi connectivity index (χ4v) is 8.24. The van der Waals surface area contributed by atoms with Gasteiger partial charge in [0.15, 0.2) is 5.76 Å². The van der Waals surface area contributed by atoms with Crippen LogP contribution in [0.1, 0.15) is 83.8 Å². The van der Waals surface area contributed by atoms with Crippen molar-refractivity contribution in [3.63, 3.8) is 0 Å². The van der Waals surface area contributed by atoms with Gasteiger partial charge < -0.3 is 39.3 Å². The number of carbonyl (C=O) groups is 4. The second-order valence-corrected chi connectivity index (χ2v) is 15.1. The van der Waals surface area contributed by atoms with Crippen molar-refractivity contribution in [3.05, 3.63) is 143 Å². The van der Waals surface area contributed by atoms with E-state index < -0.39 is 24.3 Å². The van der Waals surface area contributed by atoms with E-state index in [2.05, 4.69) is 44.9 Å². The van der Waals surface area contributed by atoms with Gasteiger partial charge in [-0.15, -0.1) is 0 Å². The number of hydrogen-bond acceptors (Lipinski definition) is 9. The Morgan fingerprint density at radius 3 is 1.88 bits per heavy atom. The molecular formula is C46H47N7O7. The Hall–Kier alpha value is -6.96. The Kier molecular flexibility index (Phi) is 11.9. The number of likely N-dealkylation sites (tertiary alicyclic amines) is 2. The van der Waals surface area contributed by atoms with Crippen LogP contribution in [-0.2, 0) is 31.9 Å². The van der Waals surface area contributed by atoms with Crippen LogP contribution in [0.25, 0.3) is 22.4 Å². The highest BCUT2D eigenvalue weighted by Crippen LogP contribution is 2.37. The number of H-pyrrole nitrogens is 1. The molecule has 2 aliphatic heterocycles. The Bertz CT molecular complexity index is 2450. The summed E-state index contributed by atoms with van der Waals surface area (Å²) in [5, 5.41) is 5.41. The van der Waals surface area contributed by atoms with Crippen LogP contribution in [0.5, 0.6) is 0 Å². The molecule has 0 radical (unpaired) electrons. The van der Waals surface area contributed by atoms with Gasteiger partial charge in [0.25, 0.3) is 11.8 Å². The molecule has 8 rings (SSSR count). The minimum atomic E-state index is -0.905. The van der Waals surface area contributed by atoms with E-state index in [9.17, 15) is 19.2 Å². The van der Waals surface area contributed by atoms with Gasteiger partial charge in [-0.25, -0.2) is 19.6 Å². The topological polar surface area (TPSA) is 172 Å². The highest BCUT2D eigenvalue weighted by Gasteiger charge is 2.39. The minimum Gasteiger partial charge on any atom is -0.453 e. The van der Waals surface area contributed by atoms with Crippen molar-refractivity contribution >= 4 is 35.0 Å². The third-order valence-corrected chi connectivity index (χ3v) is 11.4. The van der Waals surface area contributed by atoms with Crippen LogP contribution in [0.3, 0.4) is 0 Å². The van der Waals surface area contributed by atoms with Crippen molar-refractivity contribution in [3.8, 4) is 11.3 Å². The maximum Gasteiger partial charge on any atom is 0.407 e. The van der Waals surface area contributed by atoms with Gasteiger partial charge in [-0.3, -0.25) is 9.59 Å². The van der Waals surface area contributed by atoms with Crippen LogP contribution in [0, 0.1) is 0 Å². The summed E-state index contributed by atoms with van der Waals surface area (Å²) in [7, 11) is 2.55. The quantitative estimate of drug-likeness (QED) is 0.113. The molecule has 2 aliphatic rings. The lowest BCUT2D eigenvalue weighted by Gasteiger charge is -2.28. The number of aromatic nitrogens is 3. The van der Waals surface area contributed by atoms with Gasteiger partial charge in [-0.2, -0.15) is 0 Å². The SMILES string of the molecule is COC(=O)N[C@@H](C(=O)N1CCC[C@H]1c1nc2ccc(CCc3ccc(-c4cnc([C@@H]5CCCN5C(=O)[C@H](NC(=O)OC)c5ccccc5)o4)cc3)cc2[nH]1)c1ccccc1. The third-order valence-electron chi connectivity index (χ3n) is 11.4. The number of rotatable bonds is 12. The Morgan fingerprint density at radius 2 is 1.28 bits per heavy atom. The molecule has 0 saturated carbocycles. The number of amides is 4. The lowest BCUT2D eigenvalue weighted by Crippen LogP contribution is -2.42. The van der Waals surface area contributed by atoms with E-state index in [4.69, 9.17) is 18.9 Å². The summed E-state index contributed by atoms with van der Waals surface area (Å²) in [6, 6.07) is 30.3. The van der Waals surface area contributed by atoms with Crippen molar-refractivity contribution in [1.29, 1.82) is 0 Å². The highest BCUT2D eigenvalue weighted by atomic mass is 16.5. The number of benzene rings is 4. The maximum absolute atomic E-state index is 13.9. The molecule has 2 aromatic heterocycles. The van der Waals surface area contributed by atoms with Gasteiger partial charge in [0.1, 0.15) is 23.9 Å². The van der Waals surface area contributed by atoms with Crippen molar-refractivity contribution in [1.82, 2.24) is 35.4 Å². The number of fused-ring (bicyclic) bond motifs is 1. The normalized spacial score (nSPS) is 17.3. The van der Waals surface area contributed by atoms with Crippen molar-refractivity contribution in [2.75, 3.05) is 27.3 Å². The van der Waals surface area contributed by atoms with E-state index >= 15 is 0 Å². The Morgan fingerprint density at radius 1 is 0.733 bits per heavy atom. The summed E-state index contributed by atoms with van der Waals surface area (Å²) in [4.78, 5) is 68.7. The van der Waals surface area contributed by atoms with E-state index in [1.165, 1.54) is 14.2 Å². The summed E-state index contributed by atoms with van der Waals surface area (Å²) in [6.07, 6.45) is 5.02. The second kappa shape index (κ2) is 17.9. The number of oxazole rings is 1. The molecule has 2 fully saturated rings. The van der Waals surface area contributed by atoms with E-state index in [1.54, 1.807) is 28.1 Å². The number of nitrogens with zero attached hydrogens (tertiary/aromatic N) is 4. The number of hydrogen-bond donors (Lipinski definition) is 3. The number of carbonyl (C=O) groups excluding carboxylic acids is 4. The summed E-state index contributed by atoms with van der Waals surface area (Å²) < 4.78 is 15.9. The first-order valence-corrected chi connectivity index (χ1v) is 20.2. The van der Waals surface area contributed by atoms with Gasteiger partial charge >= 0.3 is 12.2 Å². The first kappa shape index (κ1) is 39.8. The standard InChI is InChI=1S/C46H47N7O7/c1-58-45(56)50-39(32-11-5-3-6-12-32)43(54)52-25-9-15-36(52)41-48-34-24-21-30(27-35(34)49-41)18-17-29-19-22-31(23-20-29)38-28-47-42(60-38)37-16-10-26-53(37)44(55)40(51-46(57)59-2)33-13-7-4-8-14-33/h3-8,11-14,19-24,27-28,36-37,39-40H,9-10,15-18,25-26H2,1-2H3,(H,48,49)(H,50,56)(H,51,57)/t36-,37-,39+,40+/m0/s1. The number of ether oxygens (including phenoxy) is 2. The monoisotopic (exact) mass is 809 g/mol.